The lowest BCUT2D eigenvalue weighted by molar-refractivity contribution is 0.0943. The highest BCUT2D eigenvalue weighted by molar-refractivity contribution is 6.05. The molecule has 0 saturated carbocycles. The molecule has 1 aromatic heterocycles. The van der Waals surface area contributed by atoms with Crippen LogP contribution in [0.1, 0.15) is 22.0 Å². The molecule has 5 nitrogen and oxygen atoms in total. The molecule has 134 valence electrons. The second kappa shape index (κ2) is 7.49. The highest BCUT2D eigenvalue weighted by Crippen LogP contribution is 2.19. The first-order chi connectivity index (χ1) is 12.5. The molecule has 0 radical (unpaired) electrons. The Morgan fingerprint density at radius 1 is 1.15 bits per heavy atom. The second-order valence-corrected chi connectivity index (χ2v) is 6.33. The van der Waals surface area contributed by atoms with E-state index in [1.165, 1.54) is 18.2 Å². The highest BCUT2D eigenvalue weighted by Gasteiger charge is 2.17. The van der Waals surface area contributed by atoms with Crippen molar-refractivity contribution in [1.29, 1.82) is 0 Å². The number of halogens is 1. The smallest absolute Gasteiger partial charge is 0.252 e. The summed E-state index contributed by atoms with van der Waals surface area (Å²) in [5, 5.41) is 3.57. The van der Waals surface area contributed by atoms with Crippen LogP contribution in [0.2, 0.25) is 0 Å². The Bertz CT molecular complexity index is 980. The Kier molecular flexibility index (Phi) is 5.14. The van der Waals surface area contributed by atoms with Crippen LogP contribution in [0.25, 0.3) is 10.9 Å². The van der Waals surface area contributed by atoms with Crippen LogP contribution in [0, 0.1) is 5.82 Å². The van der Waals surface area contributed by atoms with Gasteiger partial charge in [0.05, 0.1) is 11.6 Å². The molecule has 0 aliphatic rings. The molecule has 1 atom stereocenters. The molecule has 2 aromatic carbocycles. The summed E-state index contributed by atoms with van der Waals surface area (Å²) >= 11 is 0. The molecule has 3 aromatic rings. The Balaban J connectivity index is 1.83. The number of fused-ring (bicyclic) bond motifs is 1. The van der Waals surface area contributed by atoms with Crippen LogP contribution in [0.5, 0.6) is 0 Å². The van der Waals surface area contributed by atoms with E-state index in [1.54, 1.807) is 30.3 Å². The number of pyridine rings is 1. The lowest BCUT2D eigenvalue weighted by atomic mass is 10.0. The van der Waals surface area contributed by atoms with Crippen molar-refractivity contribution in [1.82, 2.24) is 15.2 Å². The third-order valence-electron chi connectivity index (χ3n) is 4.33. The lowest BCUT2D eigenvalue weighted by Gasteiger charge is -2.25. The fourth-order valence-corrected chi connectivity index (χ4v) is 2.96. The summed E-state index contributed by atoms with van der Waals surface area (Å²) in [5.74, 6) is -0.619. The Hall–Kier alpha value is -2.99. The molecule has 2 N–H and O–H groups in total. The number of nitrogens with one attached hydrogen (secondary N) is 2. The summed E-state index contributed by atoms with van der Waals surface area (Å²) in [6.07, 6.45) is 0. The minimum absolute atomic E-state index is 0.118. The molecule has 26 heavy (non-hydrogen) atoms. The first-order valence-electron chi connectivity index (χ1n) is 8.28. The van der Waals surface area contributed by atoms with Gasteiger partial charge >= 0.3 is 0 Å². The minimum atomic E-state index is -0.323. The number of carbonyl (C=O) groups is 1. The zero-order valence-electron chi connectivity index (χ0n) is 14.6. The Morgan fingerprint density at radius 3 is 2.54 bits per heavy atom. The molecule has 0 spiro atoms. The highest BCUT2D eigenvalue weighted by atomic mass is 19.1. The van der Waals surface area contributed by atoms with Gasteiger partial charge in [-0.3, -0.25) is 9.59 Å². The number of para-hydroxylation sites is 1. The maximum absolute atomic E-state index is 13.2. The molecule has 1 amide bonds. The quantitative estimate of drug-likeness (QED) is 0.741. The number of rotatable bonds is 5. The van der Waals surface area contributed by atoms with Crippen molar-refractivity contribution in [2.45, 2.75) is 6.04 Å². The maximum Gasteiger partial charge on any atom is 0.252 e. The Morgan fingerprint density at radius 2 is 1.85 bits per heavy atom. The van der Waals surface area contributed by atoms with Crippen LogP contribution in [-0.4, -0.2) is 36.4 Å². The topological polar surface area (TPSA) is 65.2 Å². The van der Waals surface area contributed by atoms with Crippen LogP contribution >= 0.6 is 0 Å². The van der Waals surface area contributed by atoms with Crippen LogP contribution in [-0.2, 0) is 0 Å². The summed E-state index contributed by atoms with van der Waals surface area (Å²) in [4.78, 5) is 29.2. The van der Waals surface area contributed by atoms with Gasteiger partial charge in [-0.1, -0.05) is 30.3 Å². The van der Waals surface area contributed by atoms with Gasteiger partial charge in [-0.05, 0) is 37.9 Å². The van der Waals surface area contributed by atoms with E-state index in [-0.39, 0.29) is 23.3 Å². The number of hydrogen-bond donors (Lipinski definition) is 2. The number of carbonyl (C=O) groups excluding carboxylic acids is 1. The van der Waals surface area contributed by atoms with Gasteiger partial charge in [-0.15, -0.1) is 0 Å². The van der Waals surface area contributed by atoms with Crippen molar-refractivity contribution in [3.8, 4) is 0 Å². The van der Waals surface area contributed by atoms with Crippen molar-refractivity contribution in [3.63, 3.8) is 0 Å². The van der Waals surface area contributed by atoms with Crippen LogP contribution in [0.4, 0.5) is 4.39 Å². The molecule has 6 heteroatoms. The number of H-pyrrole nitrogens is 1. The molecule has 0 saturated heterocycles. The number of benzene rings is 2. The normalized spacial score (nSPS) is 12.3. The Labute approximate surface area is 150 Å². The SMILES string of the molecule is CN(C)[C@H](CNC(=O)c1cc(=O)[nH]c2ccccc12)c1ccc(F)cc1. The standard InChI is InChI=1S/C20H20FN3O2/c1-24(2)18(13-7-9-14(21)10-8-13)12-22-20(26)16-11-19(25)23-17-6-4-3-5-15(16)17/h3-11,18H,12H2,1-2H3,(H,22,26)(H,23,25)/t18-/m1/s1. The maximum atomic E-state index is 13.2. The molecule has 0 aliphatic heterocycles. The van der Waals surface area contributed by atoms with Gasteiger partial charge in [0.1, 0.15) is 5.82 Å². The molecular weight excluding hydrogens is 333 g/mol. The van der Waals surface area contributed by atoms with Crippen LogP contribution in [0.3, 0.4) is 0 Å². The zero-order chi connectivity index (χ0) is 18.7. The van der Waals surface area contributed by atoms with E-state index in [0.29, 0.717) is 23.0 Å². The number of likely N-dealkylation sites (N-methyl/N-ethyl adjacent to an activating group) is 1. The minimum Gasteiger partial charge on any atom is -0.350 e. The van der Waals surface area contributed by atoms with Gasteiger partial charge in [-0.2, -0.15) is 0 Å². The van der Waals surface area contributed by atoms with Gasteiger partial charge in [-0.25, -0.2) is 4.39 Å². The molecule has 1 heterocycles. The molecule has 0 unspecified atom stereocenters. The lowest BCUT2D eigenvalue weighted by Crippen LogP contribution is -2.35. The van der Waals surface area contributed by atoms with E-state index < -0.39 is 0 Å². The monoisotopic (exact) mass is 353 g/mol. The fourth-order valence-electron chi connectivity index (χ4n) is 2.96. The average Bonchev–Trinajstić information content (AvgIpc) is 2.62. The zero-order valence-corrected chi connectivity index (χ0v) is 14.6. The van der Waals surface area contributed by atoms with Crippen LogP contribution in [0.15, 0.2) is 59.4 Å². The third-order valence-corrected chi connectivity index (χ3v) is 4.33. The first-order valence-corrected chi connectivity index (χ1v) is 8.28. The van der Waals surface area contributed by atoms with Gasteiger partial charge in [0, 0.05) is 23.5 Å². The van der Waals surface area contributed by atoms with Gasteiger partial charge in [0.25, 0.3) is 5.91 Å². The van der Waals surface area contributed by atoms with E-state index in [4.69, 9.17) is 0 Å². The van der Waals surface area contributed by atoms with Crippen molar-refractivity contribution >= 4 is 16.8 Å². The van der Waals surface area contributed by atoms with Gasteiger partial charge < -0.3 is 15.2 Å². The fraction of sp³-hybridized carbons (Fsp3) is 0.200. The largest absolute Gasteiger partial charge is 0.350 e. The van der Waals surface area contributed by atoms with Crippen molar-refractivity contribution in [2.75, 3.05) is 20.6 Å². The number of hydrogen-bond acceptors (Lipinski definition) is 3. The summed E-state index contributed by atoms with van der Waals surface area (Å²) < 4.78 is 13.2. The number of amides is 1. The van der Waals surface area contributed by atoms with Crippen molar-refractivity contribution in [3.05, 3.63) is 81.9 Å². The van der Waals surface area contributed by atoms with Crippen molar-refractivity contribution < 1.29 is 9.18 Å². The molecule has 0 aliphatic carbocycles. The first kappa shape index (κ1) is 17.8. The average molecular weight is 353 g/mol. The van der Waals surface area contributed by atoms with Crippen LogP contribution < -0.4 is 10.9 Å². The van der Waals surface area contributed by atoms with Crippen molar-refractivity contribution in [2.24, 2.45) is 0 Å². The molecule has 0 bridgehead atoms. The van der Waals surface area contributed by atoms with E-state index in [0.717, 1.165) is 5.56 Å². The third kappa shape index (κ3) is 3.81. The summed E-state index contributed by atoms with van der Waals surface area (Å²) in [6, 6.07) is 14.6. The molecular formula is C20H20FN3O2. The summed E-state index contributed by atoms with van der Waals surface area (Å²) in [6.45, 7) is 0.332. The summed E-state index contributed by atoms with van der Waals surface area (Å²) in [7, 11) is 3.78. The number of nitrogens with zero attached hydrogens (tertiary/aromatic N) is 1. The molecule has 3 rings (SSSR count). The predicted molar refractivity (Wildman–Crippen MR) is 99.7 cm³/mol. The van der Waals surface area contributed by atoms with Gasteiger partial charge in [0.15, 0.2) is 0 Å². The van der Waals surface area contributed by atoms with Gasteiger partial charge in [0.2, 0.25) is 5.56 Å². The van der Waals surface area contributed by atoms with E-state index >= 15 is 0 Å². The number of aromatic nitrogens is 1. The second-order valence-electron chi connectivity index (χ2n) is 6.33. The summed E-state index contributed by atoms with van der Waals surface area (Å²) in [5.41, 5.74) is 1.53. The van der Waals surface area contributed by atoms with E-state index in [9.17, 15) is 14.0 Å². The molecule has 0 fully saturated rings. The van der Waals surface area contributed by atoms with E-state index in [2.05, 4.69) is 10.3 Å². The number of aromatic amines is 1. The predicted octanol–water partition coefficient (Wildman–Crippen LogP) is 2.70. The van der Waals surface area contributed by atoms with E-state index in [1.807, 2.05) is 25.1 Å².